The molecule has 31 heavy (non-hydrogen) atoms. The first kappa shape index (κ1) is 23.7. The van der Waals surface area contributed by atoms with Gasteiger partial charge in [0.1, 0.15) is 5.82 Å². The van der Waals surface area contributed by atoms with E-state index in [9.17, 15) is 0 Å². The molecule has 8 heteroatoms. The molecule has 1 unspecified atom stereocenters. The summed E-state index contributed by atoms with van der Waals surface area (Å²) in [6.07, 6.45) is 7.23. The van der Waals surface area contributed by atoms with Crippen LogP contribution in [0.1, 0.15) is 18.9 Å². The molecule has 6 nitrogen and oxygen atoms in total. The lowest BCUT2D eigenvalue weighted by molar-refractivity contribution is 0.649. The van der Waals surface area contributed by atoms with Gasteiger partial charge >= 0.3 is 0 Å². The van der Waals surface area contributed by atoms with Crippen molar-refractivity contribution in [1.82, 2.24) is 15.6 Å². The normalized spacial score (nSPS) is 18.3. The van der Waals surface area contributed by atoms with Gasteiger partial charge in [-0.25, -0.2) is 9.98 Å². The lowest BCUT2D eigenvalue weighted by atomic mass is 10.2. The molecule has 1 aromatic heterocycles. The summed E-state index contributed by atoms with van der Waals surface area (Å²) >= 11 is 6.32. The van der Waals surface area contributed by atoms with Crippen LogP contribution in [0.3, 0.4) is 0 Å². The Morgan fingerprint density at radius 3 is 2.81 bits per heavy atom. The minimum absolute atomic E-state index is 0. The summed E-state index contributed by atoms with van der Waals surface area (Å²) in [6, 6.07) is 12.7. The van der Waals surface area contributed by atoms with Crippen molar-refractivity contribution < 1.29 is 0 Å². The lowest BCUT2D eigenvalue weighted by Crippen LogP contribution is -2.44. The Morgan fingerprint density at radius 2 is 2.03 bits per heavy atom. The number of halogens is 2. The van der Waals surface area contributed by atoms with E-state index in [1.807, 2.05) is 12.1 Å². The number of hydrogen-bond donors (Lipinski definition) is 2. The van der Waals surface area contributed by atoms with Crippen LogP contribution in [-0.2, 0) is 6.54 Å². The largest absolute Gasteiger partial charge is 0.364 e. The van der Waals surface area contributed by atoms with Crippen LogP contribution in [0.5, 0.6) is 0 Å². The maximum Gasteiger partial charge on any atom is 0.191 e. The molecule has 0 amide bonds. The number of pyridine rings is 1. The number of benzene rings is 1. The molecular weight excluding hydrogens is 523 g/mol. The van der Waals surface area contributed by atoms with E-state index in [1.54, 1.807) is 6.20 Å². The van der Waals surface area contributed by atoms with Crippen molar-refractivity contribution >= 4 is 53.0 Å². The van der Waals surface area contributed by atoms with Crippen LogP contribution in [-0.4, -0.2) is 49.7 Å². The summed E-state index contributed by atoms with van der Waals surface area (Å²) < 4.78 is 0. The summed E-state index contributed by atoms with van der Waals surface area (Å²) in [4.78, 5) is 13.9. The van der Waals surface area contributed by atoms with Gasteiger partial charge in [0.25, 0.3) is 0 Å². The SMILES string of the molecule is CCNC(=NCc1cccc(N2CC=CC2)c1)NC1CCN(c2ncccc2Cl)C1.I. The molecule has 1 fully saturated rings. The Kier molecular flexibility index (Phi) is 8.83. The number of guanidine groups is 1. The number of aromatic nitrogens is 1. The first-order valence-electron chi connectivity index (χ1n) is 10.6. The number of nitrogens with one attached hydrogen (secondary N) is 2. The van der Waals surface area contributed by atoms with E-state index < -0.39 is 0 Å². The molecule has 0 aliphatic carbocycles. The first-order valence-corrected chi connectivity index (χ1v) is 11.0. The molecule has 0 saturated carbocycles. The van der Waals surface area contributed by atoms with Crippen LogP contribution >= 0.6 is 35.6 Å². The van der Waals surface area contributed by atoms with Gasteiger partial charge in [-0.15, -0.1) is 24.0 Å². The van der Waals surface area contributed by atoms with Crippen molar-refractivity contribution in [1.29, 1.82) is 0 Å². The van der Waals surface area contributed by atoms with Crippen molar-refractivity contribution in [3.63, 3.8) is 0 Å². The Labute approximate surface area is 206 Å². The Hall–Kier alpha value is -2.00. The summed E-state index contributed by atoms with van der Waals surface area (Å²) in [5.74, 6) is 1.71. The molecule has 2 aromatic rings. The van der Waals surface area contributed by atoms with Gasteiger partial charge in [-0.05, 0) is 43.2 Å². The van der Waals surface area contributed by atoms with E-state index >= 15 is 0 Å². The summed E-state index contributed by atoms with van der Waals surface area (Å²) in [7, 11) is 0. The fraction of sp³-hybridized carbons (Fsp3) is 0.391. The summed E-state index contributed by atoms with van der Waals surface area (Å²) in [6.45, 7) is 7.32. The van der Waals surface area contributed by atoms with E-state index in [0.717, 1.165) is 50.9 Å². The molecular formula is C23H30ClIN6. The smallest absolute Gasteiger partial charge is 0.191 e. The van der Waals surface area contributed by atoms with Crippen molar-refractivity contribution in [2.24, 2.45) is 4.99 Å². The average molecular weight is 553 g/mol. The predicted molar refractivity (Wildman–Crippen MR) is 141 cm³/mol. The molecule has 1 saturated heterocycles. The van der Waals surface area contributed by atoms with E-state index in [2.05, 4.69) is 68.8 Å². The lowest BCUT2D eigenvalue weighted by Gasteiger charge is -2.20. The predicted octanol–water partition coefficient (Wildman–Crippen LogP) is 4.06. The molecule has 0 radical (unpaired) electrons. The third-order valence-electron chi connectivity index (χ3n) is 5.43. The highest BCUT2D eigenvalue weighted by Gasteiger charge is 2.25. The van der Waals surface area contributed by atoms with Crippen LogP contribution in [0.25, 0.3) is 0 Å². The molecule has 2 aliphatic heterocycles. The highest BCUT2D eigenvalue weighted by molar-refractivity contribution is 14.0. The maximum atomic E-state index is 6.32. The molecule has 166 valence electrons. The number of anilines is 2. The third kappa shape index (κ3) is 6.26. The highest BCUT2D eigenvalue weighted by Crippen LogP contribution is 2.25. The summed E-state index contributed by atoms with van der Waals surface area (Å²) in [5.41, 5.74) is 2.47. The van der Waals surface area contributed by atoms with Gasteiger partial charge in [-0.3, -0.25) is 0 Å². The number of rotatable bonds is 6. The van der Waals surface area contributed by atoms with E-state index in [4.69, 9.17) is 16.6 Å². The molecule has 4 rings (SSSR count). The van der Waals surface area contributed by atoms with Gasteiger partial charge < -0.3 is 20.4 Å². The minimum atomic E-state index is 0. The van der Waals surface area contributed by atoms with Crippen LogP contribution < -0.4 is 20.4 Å². The van der Waals surface area contributed by atoms with E-state index in [0.29, 0.717) is 17.6 Å². The monoisotopic (exact) mass is 552 g/mol. The van der Waals surface area contributed by atoms with Gasteiger partial charge in [0, 0.05) is 50.6 Å². The number of hydrogen-bond acceptors (Lipinski definition) is 4. The Morgan fingerprint density at radius 1 is 1.19 bits per heavy atom. The average Bonchev–Trinajstić information content (AvgIpc) is 3.45. The van der Waals surface area contributed by atoms with Crippen molar-refractivity contribution in [3.05, 3.63) is 65.3 Å². The quantitative estimate of drug-likeness (QED) is 0.245. The van der Waals surface area contributed by atoms with E-state index in [1.165, 1.54) is 11.3 Å². The van der Waals surface area contributed by atoms with Crippen molar-refractivity contribution in [2.75, 3.05) is 42.5 Å². The second kappa shape index (κ2) is 11.6. The number of aliphatic imine (C=N–C) groups is 1. The minimum Gasteiger partial charge on any atom is -0.364 e. The van der Waals surface area contributed by atoms with Gasteiger partial charge in [0.15, 0.2) is 5.96 Å². The van der Waals surface area contributed by atoms with Gasteiger partial charge in [0.2, 0.25) is 0 Å². The van der Waals surface area contributed by atoms with E-state index in [-0.39, 0.29) is 24.0 Å². The molecule has 3 heterocycles. The zero-order valence-corrected chi connectivity index (χ0v) is 20.9. The second-order valence-electron chi connectivity index (χ2n) is 7.63. The zero-order chi connectivity index (χ0) is 20.8. The molecule has 2 N–H and O–H groups in total. The topological polar surface area (TPSA) is 55.8 Å². The Balaban J connectivity index is 0.00000272. The molecule has 0 spiro atoms. The van der Waals surface area contributed by atoms with Crippen LogP contribution in [0.15, 0.2) is 59.7 Å². The van der Waals surface area contributed by atoms with Gasteiger partial charge in [-0.2, -0.15) is 0 Å². The van der Waals surface area contributed by atoms with Crippen LogP contribution in [0.4, 0.5) is 11.5 Å². The van der Waals surface area contributed by atoms with Crippen LogP contribution in [0, 0.1) is 0 Å². The maximum absolute atomic E-state index is 6.32. The molecule has 1 aromatic carbocycles. The van der Waals surface area contributed by atoms with Crippen LogP contribution in [0.2, 0.25) is 5.02 Å². The van der Waals surface area contributed by atoms with Crippen molar-refractivity contribution in [3.8, 4) is 0 Å². The zero-order valence-electron chi connectivity index (χ0n) is 17.8. The van der Waals surface area contributed by atoms with Gasteiger partial charge in [0.05, 0.1) is 11.6 Å². The summed E-state index contributed by atoms with van der Waals surface area (Å²) in [5, 5.41) is 7.66. The van der Waals surface area contributed by atoms with Crippen molar-refractivity contribution in [2.45, 2.75) is 25.9 Å². The highest BCUT2D eigenvalue weighted by atomic mass is 127. The van der Waals surface area contributed by atoms with Gasteiger partial charge in [-0.1, -0.05) is 35.9 Å². The second-order valence-corrected chi connectivity index (χ2v) is 8.03. The fourth-order valence-corrected chi connectivity index (χ4v) is 4.15. The Bertz CT molecular complexity index is 910. The third-order valence-corrected chi connectivity index (χ3v) is 5.72. The molecule has 1 atom stereocenters. The first-order chi connectivity index (χ1) is 14.7. The molecule has 2 aliphatic rings. The number of nitrogens with zero attached hydrogens (tertiary/aromatic N) is 4. The molecule has 0 bridgehead atoms. The fourth-order valence-electron chi connectivity index (χ4n) is 3.90. The standard InChI is InChI=1S/C23H29ClN6.HI/c1-2-25-23(27-16-18-7-5-8-20(15-18)29-12-3-4-13-29)28-19-10-14-30(17-19)22-21(24)9-6-11-26-22;/h3-9,11,15,19H,2,10,12-14,16-17H2,1H3,(H2,25,27,28);1H.